The van der Waals surface area contributed by atoms with Crippen molar-refractivity contribution in [3.05, 3.63) is 0 Å². The zero-order valence-electron chi connectivity index (χ0n) is 13.0. The fourth-order valence-corrected chi connectivity index (χ4v) is 4.27. The van der Waals surface area contributed by atoms with Gasteiger partial charge in [0.1, 0.15) is 0 Å². The number of likely N-dealkylation sites (tertiary alicyclic amines) is 1. The Morgan fingerprint density at radius 1 is 1.18 bits per heavy atom. The molecule has 0 radical (unpaired) electrons. The van der Waals surface area contributed by atoms with Crippen molar-refractivity contribution < 1.29 is 9.90 Å². The Labute approximate surface area is 142 Å². The molecule has 2 rings (SSSR count). The molecule has 1 amide bonds. The number of halogens is 2. The van der Waals surface area contributed by atoms with Gasteiger partial charge in [-0.3, -0.25) is 4.79 Å². The van der Waals surface area contributed by atoms with Crippen LogP contribution in [0.3, 0.4) is 0 Å². The van der Waals surface area contributed by atoms with Crippen molar-refractivity contribution >= 4 is 29.1 Å². The number of nitrogens with two attached hydrogens (primary N) is 2. The number of amides is 1. The molecule has 0 aromatic heterocycles. The topological polar surface area (TPSA) is 92.6 Å². The molecular weight excluding hydrogens is 325 g/mol. The minimum atomic E-state index is -0.490. The Kier molecular flexibility index (Phi) is 6.37. The second-order valence-electron chi connectivity index (χ2n) is 6.76. The highest BCUT2D eigenvalue weighted by Crippen LogP contribution is 2.36. The fraction of sp³-hybridized carbons (Fsp3) is 0.933. The Morgan fingerprint density at radius 2 is 1.73 bits per heavy atom. The van der Waals surface area contributed by atoms with E-state index in [0.29, 0.717) is 31.8 Å². The number of nitrogens with zero attached hydrogens (tertiary/aromatic N) is 1. The van der Waals surface area contributed by atoms with Crippen molar-refractivity contribution in [2.75, 3.05) is 13.1 Å². The molecule has 7 heteroatoms. The van der Waals surface area contributed by atoms with Crippen molar-refractivity contribution in [1.29, 1.82) is 0 Å². The number of alkyl halides is 2. The van der Waals surface area contributed by atoms with Crippen LogP contribution in [0.1, 0.15) is 32.6 Å². The SMILES string of the molecule is C[C@H](N)C(=O)N1CCC([C@H](N)C2CC(Cl)C(Cl)CC2O)CC1. The quantitative estimate of drug-likeness (QED) is 0.658. The normalized spacial score (nSPS) is 36.9. The third-order valence-corrected chi connectivity index (χ3v) is 6.22. The van der Waals surface area contributed by atoms with Crippen LogP contribution in [-0.2, 0) is 4.79 Å². The van der Waals surface area contributed by atoms with Crippen LogP contribution in [-0.4, -0.2) is 57.9 Å². The summed E-state index contributed by atoms with van der Waals surface area (Å²) >= 11 is 12.4. The average molecular weight is 352 g/mol. The number of hydrogen-bond donors (Lipinski definition) is 3. The van der Waals surface area contributed by atoms with Crippen LogP contribution >= 0.6 is 23.2 Å². The van der Waals surface area contributed by atoms with E-state index in [4.69, 9.17) is 34.7 Å². The summed E-state index contributed by atoms with van der Waals surface area (Å²) in [5.41, 5.74) is 12.1. The zero-order valence-corrected chi connectivity index (χ0v) is 14.5. The van der Waals surface area contributed by atoms with E-state index in [1.807, 2.05) is 4.90 Å². The van der Waals surface area contributed by atoms with Gasteiger partial charge in [-0.15, -0.1) is 23.2 Å². The molecule has 4 unspecified atom stereocenters. The highest BCUT2D eigenvalue weighted by atomic mass is 35.5. The molecule has 1 saturated carbocycles. The number of carbonyl (C=O) groups is 1. The number of hydrogen-bond acceptors (Lipinski definition) is 4. The van der Waals surface area contributed by atoms with Crippen LogP contribution in [0.15, 0.2) is 0 Å². The van der Waals surface area contributed by atoms with Crippen LogP contribution in [0, 0.1) is 11.8 Å². The summed E-state index contributed by atoms with van der Waals surface area (Å²) in [5.74, 6) is 0.279. The van der Waals surface area contributed by atoms with E-state index in [9.17, 15) is 9.90 Å². The first-order valence-corrected chi connectivity index (χ1v) is 8.94. The first-order valence-electron chi connectivity index (χ1n) is 8.07. The number of aliphatic hydroxyl groups is 1. The van der Waals surface area contributed by atoms with Gasteiger partial charge in [-0.25, -0.2) is 0 Å². The predicted molar refractivity (Wildman–Crippen MR) is 88.9 cm³/mol. The highest BCUT2D eigenvalue weighted by Gasteiger charge is 2.40. The molecule has 0 aromatic carbocycles. The fourth-order valence-electron chi connectivity index (χ4n) is 3.67. The first kappa shape index (κ1) is 18.3. The van der Waals surface area contributed by atoms with Gasteiger partial charge in [0.25, 0.3) is 0 Å². The summed E-state index contributed by atoms with van der Waals surface area (Å²) < 4.78 is 0. The average Bonchev–Trinajstić information content (AvgIpc) is 2.49. The molecule has 1 saturated heterocycles. The molecule has 128 valence electrons. The van der Waals surface area contributed by atoms with E-state index in [0.717, 1.165) is 12.8 Å². The lowest BCUT2D eigenvalue weighted by Gasteiger charge is -2.42. The van der Waals surface area contributed by atoms with Gasteiger partial charge in [0.2, 0.25) is 5.91 Å². The maximum Gasteiger partial charge on any atom is 0.239 e. The molecule has 5 nitrogen and oxygen atoms in total. The molecule has 0 spiro atoms. The molecule has 2 fully saturated rings. The molecule has 22 heavy (non-hydrogen) atoms. The zero-order chi connectivity index (χ0) is 16.4. The molecular formula is C15H27Cl2N3O2. The summed E-state index contributed by atoms with van der Waals surface area (Å²) in [7, 11) is 0. The Hall–Kier alpha value is -0.0700. The van der Waals surface area contributed by atoms with Crippen molar-refractivity contribution in [2.45, 2.75) is 61.5 Å². The van der Waals surface area contributed by atoms with E-state index >= 15 is 0 Å². The third kappa shape index (κ3) is 4.06. The summed E-state index contributed by atoms with van der Waals surface area (Å²) in [6.45, 7) is 3.08. The van der Waals surface area contributed by atoms with Gasteiger partial charge in [-0.05, 0) is 38.5 Å². The summed E-state index contributed by atoms with van der Waals surface area (Å²) in [6.07, 6.45) is 2.35. The molecule has 6 atom stereocenters. The Morgan fingerprint density at radius 3 is 2.27 bits per heavy atom. The third-order valence-electron chi connectivity index (χ3n) is 5.13. The number of aliphatic hydroxyl groups excluding tert-OH is 1. The van der Waals surface area contributed by atoms with Crippen LogP contribution < -0.4 is 11.5 Å². The molecule has 0 bridgehead atoms. The largest absolute Gasteiger partial charge is 0.393 e. The number of rotatable bonds is 3. The lowest BCUT2D eigenvalue weighted by atomic mass is 9.74. The molecule has 1 heterocycles. The van der Waals surface area contributed by atoms with Crippen molar-refractivity contribution in [3.8, 4) is 0 Å². The Bertz CT molecular complexity index is 389. The van der Waals surface area contributed by atoms with E-state index in [1.54, 1.807) is 6.92 Å². The summed E-state index contributed by atoms with van der Waals surface area (Å²) in [5, 5.41) is 9.94. The second kappa shape index (κ2) is 7.67. The predicted octanol–water partition coefficient (Wildman–Crippen LogP) is 0.885. The number of piperidine rings is 1. The second-order valence-corrected chi connectivity index (χ2v) is 7.88. The standard InChI is InChI=1S/C15H27Cl2N3O2/c1-8(18)15(22)20-4-2-9(3-5-20)14(19)10-6-11(16)12(17)7-13(10)21/h8-14,21H,2-7,18-19H2,1H3/t8-,10?,11?,12?,13?,14-/m0/s1. The van der Waals surface area contributed by atoms with Gasteiger partial charge in [0.05, 0.1) is 22.9 Å². The van der Waals surface area contributed by atoms with Gasteiger partial charge in [-0.2, -0.15) is 0 Å². The van der Waals surface area contributed by atoms with Gasteiger partial charge in [0.15, 0.2) is 0 Å². The molecule has 1 aliphatic carbocycles. The Balaban J connectivity index is 1.89. The summed E-state index contributed by atoms with van der Waals surface area (Å²) in [6, 6.07) is -0.559. The van der Waals surface area contributed by atoms with Gasteiger partial charge in [-0.1, -0.05) is 0 Å². The van der Waals surface area contributed by atoms with E-state index in [1.165, 1.54) is 0 Å². The van der Waals surface area contributed by atoms with Crippen LogP contribution in [0.5, 0.6) is 0 Å². The smallest absolute Gasteiger partial charge is 0.239 e. The van der Waals surface area contributed by atoms with E-state index in [2.05, 4.69) is 0 Å². The van der Waals surface area contributed by atoms with Crippen molar-refractivity contribution in [3.63, 3.8) is 0 Å². The van der Waals surface area contributed by atoms with Crippen molar-refractivity contribution in [2.24, 2.45) is 23.3 Å². The van der Waals surface area contributed by atoms with Gasteiger partial charge < -0.3 is 21.5 Å². The van der Waals surface area contributed by atoms with Gasteiger partial charge >= 0.3 is 0 Å². The maximum absolute atomic E-state index is 11.9. The van der Waals surface area contributed by atoms with Gasteiger partial charge in [0, 0.05) is 25.0 Å². The molecule has 0 aromatic rings. The van der Waals surface area contributed by atoms with E-state index < -0.39 is 12.1 Å². The minimum Gasteiger partial charge on any atom is -0.393 e. The van der Waals surface area contributed by atoms with Crippen molar-refractivity contribution in [1.82, 2.24) is 4.90 Å². The van der Waals surface area contributed by atoms with Crippen LogP contribution in [0.25, 0.3) is 0 Å². The summed E-state index contributed by atoms with van der Waals surface area (Å²) in [4.78, 5) is 13.7. The maximum atomic E-state index is 11.9. The molecule has 2 aliphatic rings. The lowest BCUT2D eigenvalue weighted by Crippen LogP contribution is -2.53. The van der Waals surface area contributed by atoms with Crippen LogP contribution in [0.4, 0.5) is 0 Å². The van der Waals surface area contributed by atoms with Crippen LogP contribution in [0.2, 0.25) is 0 Å². The lowest BCUT2D eigenvalue weighted by molar-refractivity contribution is -0.133. The highest BCUT2D eigenvalue weighted by molar-refractivity contribution is 6.30. The van der Waals surface area contributed by atoms with E-state index in [-0.39, 0.29) is 28.6 Å². The molecule has 5 N–H and O–H groups in total. The number of carbonyl (C=O) groups excluding carboxylic acids is 1. The minimum absolute atomic E-state index is 0.00414. The molecule has 1 aliphatic heterocycles. The first-order chi connectivity index (χ1) is 10.3. The monoisotopic (exact) mass is 351 g/mol.